The maximum atomic E-state index is 13.8. The molecule has 1 fully saturated rings. The van der Waals surface area contributed by atoms with E-state index in [0.29, 0.717) is 22.1 Å². The number of aromatic nitrogens is 1. The Hall–Kier alpha value is -2.46. The van der Waals surface area contributed by atoms with Crippen molar-refractivity contribution in [1.29, 1.82) is 0 Å². The van der Waals surface area contributed by atoms with E-state index < -0.39 is 10.0 Å². The standard InChI is InChI=1S/C29H40N4O3S2/c1-19(2)33(38(34,35)29-21(5)32-22(6)37-29)25-14-15-27(36-20(3)4)24(17-25)18-31-26-13-10-16-30-28(26)23-11-8-7-9-12-23/h7-9,11-12,14-15,17,19-20,26,28,30-31H,10,13,16,18H2,1-6H3/t26-,28-/m0/s1. The summed E-state index contributed by atoms with van der Waals surface area (Å²) in [6.45, 7) is 12.9. The zero-order chi connectivity index (χ0) is 27.4. The molecule has 0 radical (unpaired) electrons. The molecule has 0 aliphatic carbocycles. The van der Waals surface area contributed by atoms with Crippen LogP contribution in [0.2, 0.25) is 0 Å². The average Bonchev–Trinajstić information content (AvgIpc) is 3.22. The molecule has 0 amide bonds. The van der Waals surface area contributed by atoms with Crippen molar-refractivity contribution in [2.45, 2.75) is 89.4 Å². The Bertz CT molecular complexity index is 1320. The lowest BCUT2D eigenvalue weighted by Gasteiger charge is -2.34. The van der Waals surface area contributed by atoms with E-state index in [1.54, 1.807) is 6.92 Å². The van der Waals surface area contributed by atoms with Crippen LogP contribution in [-0.4, -0.2) is 38.1 Å². The molecule has 0 bridgehead atoms. The monoisotopic (exact) mass is 556 g/mol. The van der Waals surface area contributed by atoms with E-state index in [9.17, 15) is 8.42 Å². The summed E-state index contributed by atoms with van der Waals surface area (Å²) >= 11 is 1.22. The van der Waals surface area contributed by atoms with Crippen LogP contribution in [0.15, 0.2) is 52.7 Å². The van der Waals surface area contributed by atoms with Gasteiger partial charge in [-0.05, 0) is 84.7 Å². The van der Waals surface area contributed by atoms with E-state index in [-0.39, 0.29) is 24.2 Å². The third kappa shape index (κ3) is 6.39. The number of benzene rings is 2. The van der Waals surface area contributed by atoms with Crippen LogP contribution >= 0.6 is 11.3 Å². The van der Waals surface area contributed by atoms with E-state index >= 15 is 0 Å². The fourth-order valence-electron chi connectivity index (χ4n) is 5.13. The molecule has 1 saturated heterocycles. The largest absolute Gasteiger partial charge is 0.491 e. The summed E-state index contributed by atoms with van der Waals surface area (Å²) < 4.78 is 35.6. The number of sulfonamides is 1. The number of aryl methyl sites for hydroxylation is 2. The van der Waals surface area contributed by atoms with Crippen LogP contribution in [0, 0.1) is 13.8 Å². The Morgan fingerprint density at radius 2 is 1.87 bits per heavy atom. The highest BCUT2D eigenvalue weighted by molar-refractivity contribution is 7.94. The summed E-state index contributed by atoms with van der Waals surface area (Å²) in [5, 5.41) is 8.17. The van der Waals surface area contributed by atoms with Crippen molar-refractivity contribution in [3.8, 4) is 5.75 Å². The van der Waals surface area contributed by atoms with Crippen molar-refractivity contribution < 1.29 is 13.2 Å². The van der Waals surface area contributed by atoms with Gasteiger partial charge in [-0.1, -0.05) is 30.3 Å². The van der Waals surface area contributed by atoms with Crippen LogP contribution in [0.3, 0.4) is 0 Å². The van der Waals surface area contributed by atoms with E-state index in [2.05, 4.69) is 39.9 Å². The van der Waals surface area contributed by atoms with E-state index in [4.69, 9.17) is 4.74 Å². The number of rotatable bonds is 10. The molecule has 2 atom stereocenters. The van der Waals surface area contributed by atoms with Gasteiger partial charge in [0.05, 0.1) is 22.5 Å². The van der Waals surface area contributed by atoms with Gasteiger partial charge < -0.3 is 15.4 Å². The second kappa shape index (κ2) is 12.2. The first kappa shape index (κ1) is 28.5. The van der Waals surface area contributed by atoms with Crippen LogP contribution in [0.5, 0.6) is 5.75 Å². The number of anilines is 1. The van der Waals surface area contributed by atoms with Gasteiger partial charge in [0, 0.05) is 30.2 Å². The molecule has 1 aromatic heterocycles. The zero-order valence-electron chi connectivity index (χ0n) is 23.2. The van der Waals surface area contributed by atoms with Gasteiger partial charge in [0.15, 0.2) is 4.21 Å². The van der Waals surface area contributed by atoms with Crippen LogP contribution in [0.25, 0.3) is 0 Å². The Balaban J connectivity index is 1.66. The second-order valence-electron chi connectivity index (χ2n) is 10.4. The maximum Gasteiger partial charge on any atom is 0.275 e. The fraction of sp³-hybridized carbons (Fsp3) is 0.483. The molecule has 1 aliphatic heterocycles. The van der Waals surface area contributed by atoms with Crippen molar-refractivity contribution in [3.63, 3.8) is 0 Å². The third-order valence-corrected chi connectivity index (χ3v) is 10.3. The zero-order valence-corrected chi connectivity index (χ0v) is 24.8. The smallest absolute Gasteiger partial charge is 0.275 e. The molecule has 4 rings (SSSR count). The number of nitrogens with zero attached hydrogens (tertiary/aromatic N) is 2. The number of thiazole rings is 1. The van der Waals surface area contributed by atoms with Gasteiger partial charge in [-0.2, -0.15) is 0 Å². The summed E-state index contributed by atoms with van der Waals surface area (Å²) in [6, 6.07) is 16.4. The Kier molecular flexibility index (Phi) is 9.13. The number of piperidine rings is 1. The molecule has 2 N–H and O–H groups in total. The molecule has 2 heterocycles. The molecule has 9 heteroatoms. The lowest BCUT2D eigenvalue weighted by Crippen LogP contribution is -2.45. The van der Waals surface area contributed by atoms with Crippen molar-refractivity contribution >= 4 is 27.0 Å². The summed E-state index contributed by atoms with van der Waals surface area (Å²) in [6.07, 6.45) is 2.16. The summed E-state index contributed by atoms with van der Waals surface area (Å²) in [5.41, 5.74) is 3.37. The van der Waals surface area contributed by atoms with Gasteiger partial charge in [0.2, 0.25) is 0 Å². The quantitative estimate of drug-likeness (QED) is 0.332. The number of ether oxygens (including phenoxy) is 1. The van der Waals surface area contributed by atoms with Gasteiger partial charge in [-0.25, -0.2) is 13.4 Å². The van der Waals surface area contributed by atoms with Gasteiger partial charge in [-0.15, -0.1) is 11.3 Å². The van der Waals surface area contributed by atoms with Gasteiger partial charge in [-0.3, -0.25) is 4.31 Å². The van der Waals surface area contributed by atoms with Crippen LogP contribution in [0.4, 0.5) is 5.69 Å². The molecule has 3 aromatic rings. The summed E-state index contributed by atoms with van der Waals surface area (Å²) in [4.78, 5) is 4.37. The molecule has 0 unspecified atom stereocenters. The number of nitrogens with one attached hydrogen (secondary N) is 2. The van der Waals surface area contributed by atoms with E-state index in [1.807, 2.05) is 58.9 Å². The Morgan fingerprint density at radius 1 is 1.13 bits per heavy atom. The average molecular weight is 557 g/mol. The Labute approximate surface area is 231 Å². The topological polar surface area (TPSA) is 83.6 Å². The highest BCUT2D eigenvalue weighted by Crippen LogP contribution is 2.34. The minimum absolute atomic E-state index is 0.000710. The normalized spacial score (nSPS) is 18.2. The van der Waals surface area contributed by atoms with E-state index in [1.165, 1.54) is 21.2 Å². The summed E-state index contributed by atoms with van der Waals surface area (Å²) in [7, 11) is -3.78. The lowest BCUT2D eigenvalue weighted by molar-refractivity contribution is 0.238. The molecule has 7 nitrogen and oxygen atoms in total. The molecule has 1 aliphatic rings. The maximum absolute atomic E-state index is 13.8. The van der Waals surface area contributed by atoms with Gasteiger partial charge in [0.1, 0.15) is 5.75 Å². The SMILES string of the molecule is Cc1nc(C)c(S(=O)(=O)N(c2ccc(OC(C)C)c(CN[C@H]3CCCN[C@H]3c3ccccc3)c2)C(C)C)s1. The van der Waals surface area contributed by atoms with Crippen molar-refractivity contribution in [2.24, 2.45) is 0 Å². The highest BCUT2D eigenvalue weighted by atomic mass is 32.2. The minimum atomic E-state index is -3.78. The first-order chi connectivity index (χ1) is 18.1. The van der Waals surface area contributed by atoms with Crippen molar-refractivity contribution in [2.75, 3.05) is 10.8 Å². The Morgan fingerprint density at radius 3 is 2.50 bits per heavy atom. The minimum Gasteiger partial charge on any atom is -0.491 e. The van der Waals surface area contributed by atoms with Crippen molar-refractivity contribution in [3.05, 3.63) is 70.4 Å². The molecule has 0 spiro atoms. The van der Waals surface area contributed by atoms with Crippen LogP contribution < -0.4 is 19.7 Å². The first-order valence-electron chi connectivity index (χ1n) is 13.4. The van der Waals surface area contributed by atoms with Crippen LogP contribution in [0.1, 0.15) is 68.4 Å². The van der Waals surface area contributed by atoms with Gasteiger partial charge >= 0.3 is 0 Å². The van der Waals surface area contributed by atoms with Gasteiger partial charge in [0.25, 0.3) is 10.0 Å². The lowest BCUT2D eigenvalue weighted by atomic mass is 9.92. The predicted molar refractivity (Wildman–Crippen MR) is 156 cm³/mol. The highest BCUT2D eigenvalue weighted by Gasteiger charge is 2.32. The van der Waals surface area contributed by atoms with Crippen LogP contribution in [-0.2, 0) is 16.6 Å². The molecular weight excluding hydrogens is 516 g/mol. The molecule has 206 valence electrons. The number of hydrogen-bond acceptors (Lipinski definition) is 7. The molecule has 0 saturated carbocycles. The predicted octanol–water partition coefficient (Wildman–Crippen LogP) is 5.73. The van der Waals surface area contributed by atoms with Crippen molar-refractivity contribution in [1.82, 2.24) is 15.6 Å². The molecular formula is C29H40N4O3S2. The molecule has 38 heavy (non-hydrogen) atoms. The molecule has 2 aromatic carbocycles. The van der Waals surface area contributed by atoms with E-state index in [0.717, 1.165) is 35.7 Å². The third-order valence-electron chi connectivity index (χ3n) is 6.66. The summed E-state index contributed by atoms with van der Waals surface area (Å²) in [5.74, 6) is 0.766. The number of hydrogen-bond donors (Lipinski definition) is 2. The first-order valence-corrected chi connectivity index (χ1v) is 15.6. The second-order valence-corrected chi connectivity index (χ2v) is 13.6. The fourth-order valence-corrected chi connectivity index (χ4v) is 8.34.